The third-order valence-electron chi connectivity index (χ3n) is 6.57. The molecule has 1 aromatic carbocycles. The Bertz CT molecular complexity index is 1650. The fourth-order valence-electron chi connectivity index (χ4n) is 4.35. The van der Waals surface area contributed by atoms with Gasteiger partial charge >= 0.3 is 5.97 Å². The molecule has 4 rings (SSSR count). The maximum atomic E-state index is 14.1. The summed E-state index contributed by atoms with van der Waals surface area (Å²) in [5, 5.41) is 13.3. The summed E-state index contributed by atoms with van der Waals surface area (Å²) in [5.74, 6) is -1.20. The van der Waals surface area contributed by atoms with Crippen molar-refractivity contribution in [1.82, 2.24) is 9.38 Å². The first kappa shape index (κ1) is 29.8. The number of aryl methyl sites for hydroxylation is 1. The van der Waals surface area contributed by atoms with Gasteiger partial charge in [-0.2, -0.15) is 0 Å². The van der Waals surface area contributed by atoms with Crippen LogP contribution in [0.5, 0.6) is 5.75 Å². The number of carboxylic acid groups (broad SMARTS) is 1. The summed E-state index contributed by atoms with van der Waals surface area (Å²) in [4.78, 5) is 44.6. The van der Waals surface area contributed by atoms with E-state index in [9.17, 15) is 19.5 Å². The molecule has 1 N–H and O–H groups in total. The van der Waals surface area contributed by atoms with Crippen molar-refractivity contribution >= 4 is 57.6 Å². The smallest absolute Gasteiger partial charge is 0.309 e. The molecule has 7 nitrogen and oxygen atoms in total. The fourth-order valence-corrected chi connectivity index (χ4v) is 5.24. The van der Waals surface area contributed by atoms with E-state index in [1.807, 2.05) is 12.3 Å². The van der Waals surface area contributed by atoms with Crippen molar-refractivity contribution in [1.29, 1.82) is 0 Å². The number of halogens is 2. The standard InChI is InChI=1S/C30H30Cl2N2O5S/c1-16-33-18(15-40-16)14-39-19-9-10-34-23(12-19)24(27(36)29(2,3)4)20(13-30(5,6)28(37)38)25(34)26(35)17-7-8-21(31)22(32)11-17/h7-12,15H,13-14H2,1-6H3,(H,37,38). The molecule has 10 heteroatoms. The second-order valence-electron chi connectivity index (χ2n) is 11.4. The van der Waals surface area contributed by atoms with E-state index in [4.69, 9.17) is 27.9 Å². The van der Waals surface area contributed by atoms with E-state index < -0.39 is 22.6 Å². The van der Waals surface area contributed by atoms with Gasteiger partial charge in [0.2, 0.25) is 5.78 Å². The molecule has 0 atom stereocenters. The maximum absolute atomic E-state index is 14.1. The van der Waals surface area contributed by atoms with Crippen molar-refractivity contribution in [2.45, 2.75) is 54.6 Å². The van der Waals surface area contributed by atoms with Crippen LogP contribution >= 0.6 is 34.5 Å². The predicted octanol–water partition coefficient (Wildman–Crippen LogP) is 7.70. The van der Waals surface area contributed by atoms with Gasteiger partial charge in [-0.1, -0.05) is 44.0 Å². The molecule has 0 bridgehead atoms. The van der Waals surface area contributed by atoms with E-state index in [-0.39, 0.29) is 35.1 Å². The van der Waals surface area contributed by atoms with Crippen molar-refractivity contribution in [3.05, 3.63) is 85.0 Å². The average Bonchev–Trinajstić information content (AvgIpc) is 3.42. The van der Waals surface area contributed by atoms with Gasteiger partial charge in [-0.15, -0.1) is 11.3 Å². The van der Waals surface area contributed by atoms with Crippen LogP contribution in [-0.2, 0) is 17.8 Å². The number of thiazole rings is 1. The minimum atomic E-state index is -1.27. The van der Waals surface area contributed by atoms with E-state index in [0.717, 1.165) is 10.7 Å². The molecule has 3 aromatic heterocycles. The van der Waals surface area contributed by atoms with Crippen molar-refractivity contribution in [3.8, 4) is 5.75 Å². The lowest BCUT2D eigenvalue weighted by Gasteiger charge is -2.22. The van der Waals surface area contributed by atoms with Crippen LogP contribution < -0.4 is 4.74 Å². The minimum absolute atomic E-state index is 0.0577. The van der Waals surface area contributed by atoms with Crippen LogP contribution in [0.15, 0.2) is 41.9 Å². The number of pyridine rings is 1. The van der Waals surface area contributed by atoms with Crippen LogP contribution in [0.25, 0.3) is 5.52 Å². The Hall–Kier alpha value is -3.20. The van der Waals surface area contributed by atoms with E-state index in [2.05, 4.69) is 4.98 Å². The molecule has 0 radical (unpaired) electrons. The highest BCUT2D eigenvalue weighted by Gasteiger charge is 2.37. The first-order chi connectivity index (χ1) is 18.6. The zero-order valence-corrected chi connectivity index (χ0v) is 25.4. The highest BCUT2D eigenvalue weighted by atomic mass is 35.5. The molecule has 40 heavy (non-hydrogen) atoms. The summed E-state index contributed by atoms with van der Waals surface area (Å²) < 4.78 is 7.64. The summed E-state index contributed by atoms with van der Waals surface area (Å²) in [6.45, 7) is 10.7. The second kappa shape index (κ2) is 11.0. The third-order valence-corrected chi connectivity index (χ3v) is 8.13. The third kappa shape index (κ3) is 5.94. The molecular formula is C30H30Cl2N2O5S. The normalized spacial score (nSPS) is 12.1. The molecule has 0 aliphatic rings. The Balaban J connectivity index is 1.98. The van der Waals surface area contributed by atoms with Crippen LogP contribution in [0.1, 0.15) is 77.3 Å². The van der Waals surface area contributed by atoms with Gasteiger partial charge in [-0.05, 0) is 57.0 Å². The number of carbonyl (C=O) groups excluding carboxylic acids is 2. The lowest BCUT2D eigenvalue weighted by Crippen LogP contribution is -2.29. The molecule has 0 fully saturated rings. The Morgan fingerprint density at radius 2 is 1.75 bits per heavy atom. The first-order valence-corrected chi connectivity index (χ1v) is 14.2. The summed E-state index contributed by atoms with van der Waals surface area (Å²) in [5.41, 5.74) is 0.245. The minimum Gasteiger partial charge on any atom is -0.487 e. The van der Waals surface area contributed by atoms with Gasteiger partial charge in [0, 0.05) is 34.2 Å². The topological polar surface area (TPSA) is 98.0 Å². The number of aromatic nitrogens is 2. The van der Waals surface area contributed by atoms with Gasteiger partial charge in [-0.25, -0.2) is 4.98 Å². The molecule has 0 aliphatic carbocycles. The summed E-state index contributed by atoms with van der Waals surface area (Å²) in [7, 11) is 0. The van der Waals surface area contributed by atoms with Crippen LogP contribution in [-0.4, -0.2) is 32.0 Å². The van der Waals surface area contributed by atoms with Gasteiger partial charge in [-0.3, -0.25) is 14.4 Å². The van der Waals surface area contributed by atoms with Crippen molar-refractivity contribution < 1.29 is 24.2 Å². The van der Waals surface area contributed by atoms with Gasteiger partial charge < -0.3 is 14.2 Å². The number of aliphatic carboxylic acids is 1. The SMILES string of the molecule is Cc1nc(COc2ccn3c(C(=O)c4ccc(Cl)c(Cl)c4)c(CC(C)(C)C(=O)O)c(C(=O)C(C)(C)C)c3c2)cs1. The summed E-state index contributed by atoms with van der Waals surface area (Å²) in [6.07, 6.45) is 1.61. The van der Waals surface area contributed by atoms with Crippen LogP contribution in [0.2, 0.25) is 10.0 Å². The van der Waals surface area contributed by atoms with E-state index in [0.29, 0.717) is 27.4 Å². The van der Waals surface area contributed by atoms with Gasteiger partial charge in [0.1, 0.15) is 12.4 Å². The molecule has 0 amide bonds. The Labute approximate surface area is 246 Å². The number of ketones is 2. The lowest BCUT2D eigenvalue weighted by molar-refractivity contribution is -0.146. The fraction of sp³-hybridized carbons (Fsp3) is 0.333. The quantitative estimate of drug-likeness (QED) is 0.198. The van der Waals surface area contributed by atoms with Crippen LogP contribution in [0.3, 0.4) is 0 Å². The van der Waals surface area contributed by atoms with Gasteiger partial charge in [0.25, 0.3) is 0 Å². The number of Topliss-reactive ketones (excluding diaryl/α,β-unsaturated/α-hetero) is 1. The molecule has 0 aliphatic heterocycles. The van der Waals surface area contributed by atoms with Crippen molar-refractivity contribution in [2.75, 3.05) is 0 Å². The first-order valence-electron chi connectivity index (χ1n) is 12.6. The van der Waals surface area contributed by atoms with Gasteiger partial charge in [0.05, 0.1) is 37.4 Å². The Morgan fingerprint density at radius 1 is 1.05 bits per heavy atom. The lowest BCUT2D eigenvalue weighted by atomic mass is 9.79. The highest BCUT2D eigenvalue weighted by molar-refractivity contribution is 7.09. The molecule has 4 aromatic rings. The number of hydrogen-bond donors (Lipinski definition) is 1. The average molecular weight is 602 g/mol. The zero-order valence-electron chi connectivity index (χ0n) is 23.1. The van der Waals surface area contributed by atoms with Crippen molar-refractivity contribution in [2.24, 2.45) is 10.8 Å². The van der Waals surface area contributed by atoms with Crippen LogP contribution in [0.4, 0.5) is 0 Å². The number of benzene rings is 1. The van der Waals surface area contributed by atoms with Gasteiger partial charge in [0.15, 0.2) is 5.78 Å². The molecular weight excluding hydrogens is 571 g/mol. The van der Waals surface area contributed by atoms with E-state index >= 15 is 0 Å². The number of fused-ring (bicyclic) bond motifs is 1. The molecule has 0 unspecified atom stereocenters. The number of hydrogen-bond acceptors (Lipinski definition) is 6. The van der Waals surface area contributed by atoms with Crippen LogP contribution in [0, 0.1) is 17.8 Å². The monoisotopic (exact) mass is 600 g/mol. The molecule has 210 valence electrons. The Kier molecular flexibility index (Phi) is 8.18. The van der Waals surface area contributed by atoms with E-state index in [1.165, 1.54) is 23.5 Å². The second-order valence-corrected chi connectivity index (χ2v) is 13.2. The number of carbonyl (C=O) groups is 3. The number of ether oxygens (including phenoxy) is 1. The molecule has 0 saturated heterocycles. The number of nitrogens with zero attached hydrogens (tertiary/aromatic N) is 2. The van der Waals surface area contributed by atoms with E-state index in [1.54, 1.807) is 63.4 Å². The largest absolute Gasteiger partial charge is 0.487 e. The zero-order chi connectivity index (χ0) is 29.6. The number of rotatable bonds is 9. The molecule has 0 saturated carbocycles. The Morgan fingerprint density at radius 3 is 2.33 bits per heavy atom. The molecule has 3 heterocycles. The summed E-state index contributed by atoms with van der Waals surface area (Å²) >= 11 is 13.8. The summed E-state index contributed by atoms with van der Waals surface area (Å²) in [6, 6.07) is 7.97. The predicted molar refractivity (Wildman–Crippen MR) is 157 cm³/mol. The highest BCUT2D eigenvalue weighted by Crippen LogP contribution is 2.37. The van der Waals surface area contributed by atoms with Crippen molar-refractivity contribution in [3.63, 3.8) is 0 Å². The maximum Gasteiger partial charge on any atom is 0.309 e. The number of carboxylic acids is 1. The molecule has 0 spiro atoms.